The van der Waals surface area contributed by atoms with Gasteiger partial charge in [-0.05, 0) is 49.4 Å². The summed E-state index contributed by atoms with van der Waals surface area (Å²) in [7, 11) is 0. The summed E-state index contributed by atoms with van der Waals surface area (Å²) in [6, 6.07) is 14.6. The predicted octanol–water partition coefficient (Wildman–Crippen LogP) is 6.50. The zero-order valence-electron chi connectivity index (χ0n) is 18.7. The van der Waals surface area contributed by atoms with Gasteiger partial charge in [0.2, 0.25) is 11.2 Å². The maximum absolute atomic E-state index is 13.8. The molecule has 0 bridgehead atoms. The fourth-order valence-electron chi connectivity index (χ4n) is 3.29. The molecule has 0 aliphatic heterocycles. The van der Waals surface area contributed by atoms with Crippen LogP contribution in [0.3, 0.4) is 0 Å². The molecule has 4 aromatic rings. The molecule has 0 fully saturated rings. The Morgan fingerprint density at radius 3 is 2.33 bits per heavy atom. The van der Waals surface area contributed by atoms with E-state index in [-0.39, 0.29) is 46.8 Å². The molecule has 36 heavy (non-hydrogen) atoms. The minimum Gasteiger partial charge on any atom is -0.489 e. The van der Waals surface area contributed by atoms with Crippen LogP contribution < -0.4 is 14.9 Å². The fraction of sp³-hybridized carbons (Fsp3) is 0.154. The minimum atomic E-state index is -5.06. The van der Waals surface area contributed by atoms with Crippen molar-refractivity contribution in [2.24, 2.45) is 0 Å². The molecule has 6 nitrogen and oxygen atoms in total. The summed E-state index contributed by atoms with van der Waals surface area (Å²) in [5.74, 6) is -3.85. The maximum atomic E-state index is 13.8. The summed E-state index contributed by atoms with van der Waals surface area (Å²) < 4.78 is 75.8. The quantitative estimate of drug-likeness (QED) is 0.212. The lowest BCUT2D eigenvalue weighted by Crippen LogP contribution is -2.15. The number of halogens is 4. The number of fused-ring (bicyclic) bond motifs is 1. The third-order valence-corrected chi connectivity index (χ3v) is 5.02. The highest BCUT2D eigenvalue weighted by atomic mass is 19.4. The summed E-state index contributed by atoms with van der Waals surface area (Å²) >= 11 is 0. The average Bonchev–Trinajstić information content (AvgIpc) is 2.85. The minimum absolute atomic E-state index is 0.0743. The standard InChI is InChI=1S/C26H18F4O6/c1-2-33-25(32)15-7-9-17(10-8-15)35-23-22(31)19-12-11-18(13-21(19)36-24(23)26(28,29)30)34-14-16-5-3-4-6-20(16)27/h3-13H,2,14H2,1H3. The Morgan fingerprint density at radius 2 is 1.67 bits per heavy atom. The molecule has 0 atom stereocenters. The highest BCUT2D eigenvalue weighted by Crippen LogP contribution is 2.38. The first-order valence-corrected chi connectivity index (χ1v) is 10.7. The first-order chi connectivity index (χ1) is 17.2. The van der Waals surface area contributed by atoms with Crippen LogP contribution in [0.2, 0.25) is 0 Å². The number of carbonyl (C=O) groups excluding carboxylic acids is 1. The lowest BCUT2D eigenvalue weighted by atomic mass is 10.2. The van der Waals surface area contributed by atoms with Crippen molar-refractivity contribution in [3.8, 4) is 17.2 Å². The molecular weight excluding hydrogens is 484 g/mol. The van der Waals surface area contributed by atoms with Crippen molar-refractivity contribution in [2.45, 2.75) is 19.7 Å². The lowest BCUT2D eigenvalue weighted by molar-refractivity contribution is -0.154. The van der Waals surface area contributed by atoms with Crippen LogP contribution in [0.4, 0.5) is 17.6 Å². The summed E-state index contributed by atoms with van der Waals surface area (Å²) in [5, 5.41) is -0.181. The Labute approximate surface area is 201 Å². The molecule has 3 aromatic carbocycles. The van der Waals surface area contributed by atoms with Gasteiger partial charge in [-0.2, -0.15) is 13.2 Å². The highest BCUT2D eigenvalue weighted by molar-refractivity contribution is 5.89. The Kier molecular flexibility index (Phi) is 6.96. The molecule has 0 aliphatic carbocycles. The van der Waals surface area contributed by atoms with Crippen molar-refractivity contribution in [1.29, 1.82) is 0 Å². The monoisotopic (exact) mass is 502 g/mol. The van der Waals surface area contributed by atoms with Crippen LogP contribution in [0.1, 0.15) is 28.6 Å². The predicted molar refractivity (Wildman–Crippen MR) is 121 cm³/mol. The zero-order valence-corrected chi connectivity index (χ0v) is 18.7. The van der Waals surface area contributed by atoms with E-state index in [0.29, 0.717) is 0 Å². The number of carbonyl (C=O) groups is 1. The van der Waals surface area contributed by atoms with E-state index in [0.717, 1.165) is 6.07 Å². The summed E-state index contributed by atoms with van der Waals surface area (Å²) in [6.07, 6.45) is -5.06. The Morgan fingerprint density at radius 1 is 0.972 bits per heavy atom. The van der Waals surface area contributed by atoms with Gasteiger partial charge >= 0.3 is 12.1 Å². The van der Waals surface area contributed by atoms with Crippen molar-refractivity contribution in [2.75, 3.05) is 6.61 Å². The first kappa shape index (κ1) is 24.8. The van der Waals surface area contributed by atoms with Crippen LogP contribution in [0.25, 0.3) is 11.0 Å². The Hall–Kier alpha value is -4.34. The van der Waals surface area contributed by atoms with E-state index in [1.807, 2.05) is 0 Å². The SMILES string of the molecule is CCOC(=O)c1ccc(Oc2c(C(F)(F)F)oc3cc(OCc4ccccc4F)ccc3c2=O)cc1. The molecule has 0 aliphatic rings. The lowest BCUT2D eigenvalue weighted by Gasteiger charge is -2.14. The molecule has 1 heterocycles. The normalized spacial score (nSPS) is 11.4. The Bertz CT molecular complexity index is 1460. The van der Waals surface area contributed by atoms with Gasteiger partial charge in [0.1, 0.15) is 29.5 Å². The van der Waals surface area contributed by atoms with E-state index < -0.39 is 34.9 Å². The van der Waals surface area contributed by atoms with Gasteiger partial charge in [-0.3, -0.25) is 4.79 Å². The van der Waals surface area contributed by atoms with Crippen LogP contribution in [0, 0.1) is 5.82 Å². The maximum Gasteiger partial charge on any atom is 0.453 e. The van der Waals surface area contributed by atoms with Crippen LogP contribution in [0.15, 0.2) is 75.9 Å². The molecule has 0 saturated heterocycles. The van der Waals surface area contributed by atoms with E-state index >= 15 is 0 Å². The highest BCUT2D eigenvalue weighted by Gasteiger charge is 2.40. The largest absolute Gasteiger partial charge is 0.489 e. The molecule has 10 heteroatoms. The van der Waals surface area contributed by atoms with E-state index in [2.05, 4.69) is 0 Å². The zero-order chi connectivity index (χ0) is 25.9. The summed E-state index contributed by atoms with van der Waals surface area (Å²) in [5.41, 5.74) is -1.04. The smallest absolute Gasteiger partial charge is 0.453 e. The topological polar surface area (TPSA) is 75.0 Å². The van der Waals surface area contributed by atoms with Gasteiger partial charge in [-0.15, -0.1) is 0 Å². The van der Waals surface area contributed by atoms with Crippen LogP contribution in [-0.4, -0.2) is 12.6 Å². The second-order valence-corrected chi connectivity index (χ2v) is 7.47. The molecule has 0 saturated carbocycles. The number of alkyl halides is 3. The van der Waals surface area contributed by atoms with Crippen molar-refractivity contribution in [3.05, 3.63) is 99.7 Å². The number of hydrogen-bond donors (Lipinski definition) is 0. The molecule has 0 spiro atoms. The fourth-order valence-corrected chi connectivity index (χ4v) is 3.29. The third kappa shape index (κ3) is 5.32. The van der Waals surface area contributed by atoms with Gasteiger partial charge < -0.3 is 18.6 Å². The number of ether oxygens (including phenoxy) is 3. The van der Waals surface area contributed by atoms with E-state index in [1.54, 1.807) is 13.0 Å². The molecule has 1 aromatic heterocycles. The van der Waals surface area contributed by atoms with Crippen LogP contribution >= 0.6 is 0 Å². The molecule has 186 valence electrons. The van der Waals surface area contributed by atoms with E-state index in [1.165, 1.54) is 54.6 Å². The van der Waals surface area contributed by atoms with E-state index in [9.17, 15) is 27.2 Å². The van der Waals surface area contributed by atoms with Gasteiger partial charge in [-0.1, -0.05) is 18.2 Å². The molecule has 0 N–H and O–H groups in total. The number of benzene rings is 3. The second-order valence-electron chi connectivity index (χ2n) is 7.47. The number of esters is 1. The van der Waals surface area contributed by atoms with Gasteiger partial charge in [0.25, 0.3) is 5.76 Å². The molecule has 0 radical (unpaired) electrons. The van der Waals surface area contributed by atoms with Crippen molar-refractivity contribution >= 4 is 16.9 Å². The average molecular weight is 502 g/mol. The van der Waals surface area contributed by atoms with Gasteiger partial charge in [0.05, 0.1) is 17.6 Å². The number of rotatable bonds is 7. The summed E-state index contributed by atoms with van der Waals surface area (Å²) in [4.78, 5) is 24.7. The van der Waals surface area contributed by atoms with Gasteiger partial charge in [0.15, 0.2) is 0 Å². The summed E-state index contributed by atoms with van der Waals surface area (Å²) in [6.45, 7) is 1.60. The number of hydrogen-bond acceptors (Lipinski definition) is 6. The Balaban J connectivity index is 1.67. The van der Waals surface area contributed by atoms with Gasteiger partial charge in [-0.25, -0.2) is 9.18 Å². The molecule has 4 rings (SSSR count). The first-order valence-electron chi connectivity index (χ1n) is 10.7. The molecule has 0 amide bonds. The van der Waals surface area contributed by atoms with Crippen molar-refractivity contribution in [1.82, 2.24) is 0 Å². The molecule has 0 unspecified atom stereocenters. The third-order valence-electron chi connectivity index (χ3n) is 5.02. The van der Waals surface area contributed by atoms with Crippen LogP contribution in [0.5, 0.6) is 17.2 Å². The van der Waals surface area contributed by atoms with Crippen LogP contribution in [-0.2, 0) is 17.5 Å². The second kappa shape index (κ2) is 10.1. The van der Waals surface area contributed by atoms with Gasteiger partial charge in [0, 0.05) is 11.6 Å². The van der Waals surface area contributed by atoms with Crippen molar-refractivity contribution < 1.29 is 41.0 Å². The molecular formula is C26H18F4O6. The van der Waals surface area contributed by atoms with Crippen molar-refractivity contribution in [3.63, 3.8) is 0 Å². The van der Waals surface area contributed by atoms with E-state index in [4.69, 9.17) is 18.6 Å².